The van der Waals surface area contributed by atoms with Crippen molar-refractivity contribution in [3.63, 3.8) is 0 Å². The molecule has 2 aromatic carbocycles. The summed E-state index contributed by atoms with van der Waals surface area (Å²) in [5.74, 6) is -1.24. The molecule has 2 aliphatic rings. The van der Waals surface area contributed by atoms with Gasteiger partial charge in [-0.25, -0.2) is 18.0 Å². The number of carbonyl (C=O) groups is 1. The van der Waals surface area contributed by atoms with E-state index in [1.54, 1.807) is 49.8 Å². The molecule has 0 bridgehead atoms. The Balaban J connectivity index is 1.40. The maximum absolute atomic E-state index is 15.5. The number of amides is 2. The summed E-state index contributed by atoms with van der Waals surface area (Å²) in [4.78, 5) is 22.8. The zero-order valence-electron chi connectivity index (χ0n) is 21.7. The maximum atomic E-state index is 15.5. The van der Waals surface area contributed by atoms with E-state index in [0.717, 1.165) is 23.8 Å². The number of aliphatic hydroxyl groups excluding tert-OH is 1. The Bertz CT molecular complexity index is 1340. The van der Waals surface area contributed by atoms with Gasteiger partial charge in [0.15, 0.2) is 0 Å². The average Bonchev–Trinajstić information content (AvgIpc) is 3.35. The van der Waals surface area contributed by atoms with Crippen molar-refractivity contribution < 1.29 is 23.1 Å². The number of aromatic nitrogens is 1. The van der Waals surface area contributed by atoms with Crippen molar-refractivity contribution in [2.24, 2.45) is 0 Å². The number of hydrogen-bond acceptors (Lipinski definition) is 4. The highest BCUT2D eigenvalue weighted by Crippen LogP contribution is 2.41. The van der Waals surface area contributed by atoms with E-state index in [1.165, 1.54) is 9.80 Å². The third kappa shape index (κ3) is 5.29. The summed E-state index contributed by atoms with van der Waals surface area (Å²) >= 11 is 0. The van der Waals surface area contributed by atoms with E-state index in [1.807, 2.05) is 23.1 Å². The molecular formula is C30H31F3N4O2. The molecule has 6 nitrogen and oxygen atoms in total. The number of halogens is 3. The number of urea groups is 1. The molecule has 0 aliphatic carbocycles. The minimum absolute atomic E-state index is 0.0227. The normalized spacial score (nSPS) is 23.5. The molecule has 1 aromatic heterocycles. The third-order valence-electron chi connectivity index (χ3n) is 7.79. The number of rotatable bonds is 6. The van der Waals surface area contributed by atoms with Crippen LogP contribution in [0.3, 0.4) is 0 Å². The van der Waals surface area contributed by atoms with E-state index in [2.05, 4.69) is 4.98 Å². The summed E-state index contributed by atoms with van der Waals surface area (Å²) in [6, 6.07) is 14.7. The van der Waals surface area contributed by atoms with Gasteiger partial charge in [0.2, 0.25) is 0 Å². The minimum atomic E-state index is -1.32. The number of benzene rings is 2. The Kier molecular flexibility index (Phi) is 7.72. The summed E-state index contributed by atoms with van der Waals surface area (Å²) in [5, 5.41) is 10.7. The van der Waals surface area contributed by atoms with Gasteiger partial charge in [0, 0.05) is 51.2 Å². The molecule has 0 spiro atoms. The van der Waals surface area contributed by atoms with Gasteiger partial charge in [0.25, 0.3) is 0 Å². The number of hydrogen-bond donors (Lipinski definition) is 1. The molecule has 0 saturated carbocycles. The molecule has 3 aromatic rings. The summed E-state index contributed by atoms with van der Waals surface area (Å²) in [6.07, 6.45) is 4.17. The molecule has 5 rings (SSSR count). The standard InChI is InChI=1S/C30H31F3N4O2/c1-35(28-11-14-36(19-27(28)33)17-21-9-12-34-13-10-21)29(39)37-18-22(25-15-24(31)7-8-26(25)32)16-30(37,20-38)23-5-3-2-4-6-23/h2-10,12-13,15-16,27-28,38H,11,14,17-20H2,1H3/t27?,28?,30-/m1/s1. The van der Waals surface area contributed by atoms with Crippen molar-refractivity contribution in [3.05, 3.63) is 107 Å². The smallest absolute Gasteiger partial charge is 0.321 e. The first kappa shape index (κ1) is 26.9. The zero-order valence-corrected chi connectivity index (χ0v) is 21.7. The summed E-state index contributed by atoms with van der Waals surface area (Å²) in [7, 11) is 1.56. The lowest BCUT2D eigenvalue weighted by molar-refractivity contribution is 0.0335. The van der Waals surface area contributed by atoms with E-state index in [9.17, 15) is 18.7 Å². The first-order valence-corrected chi connectivity index (χ1v) is 13.0. The van der Waals surface area contributed by atoms with Crippen LogP contribution in [0.25, 0.3) is 5.57 Å². The average molecular weight is 537 g/mol. The molecule has 2 aliphatic heterocycles. The van der Waals surface area contributed by atoms with Gasteiger partial charge in [-0.3, -0.25) is 9.88 Å². The van der Waals surface area contributed by atoms with Crippen LogP contribution in [0.5, 0.6) is 0 Å². The quantitative estimate of drug-likeness (QED) is 0.500. The van der Waals surface area contributed by atoms with Crippen molar-refractivity contribution in [2.45, 2.75) is 30.7 Å². The van der Waals surface area contributed by atoms with Gasteiger partial charge in [0.05, 0.1) is 12.6 Å². The first-order valence-electron chi connectivity index (χ1n) is 13.0. The van der Waals surface area contributed by atoms with Gasteiger partial charge in [-0.15, -0.1) is 0 Å². The summed E-state index contributed by atoms with van der Waals surface area (Å²) < 4.78 is 44.3. The molecule has 2 unspecified atom stereocenters. The van der Waals surface area contributed by atoms with E-state index in [4.69, 9.17) is 0 Å². The van der Waals surface area contributed by atoms with E-state index in [-0.39, 0.29) is 18.7 Å². The topological polar surface area (TPSA) is 59.9 Å². The maximum Gasteiger partial charge on any atom is 0.321 e. The molecule has 3 atom stereocenters. The lowest BCUT2D eigenvalue weighted by Crippen LogP contribution is -2.58. The Hall–Kier alpha value is -3.69. The van der Waals surface area contributed by atoms with Gasteiger partial charge in [-0.1, -0.05) is 30.3 Å². The van der Waals surface area contributed by atoms with Crippen LogP contribution >= 0.6 is 0 Å². The first-order chi connectivity index (χ1) is 18.8. The van der Waals surface area contributed by atoms with E-state index < -0.39 is 42.0 Å². The number of aliphatic hydroxyl groups is 1. The Morgan fingerprint density at radius 1 is 1.13 bits per heavy atom. The summed E-state index contributed by atoms with van der Waals surface area (Å²) in [6.45, 7) is 0.810. The van der Waals surface area contributed by atoms with Crippen LogP contribution in [0.15, 0.2) is 79.1 Å². The lowest BCUT2D eigenvalue weighted by atomic mass is 9.89. The Morgan fingerprint density at radius 3 is 2.56 bits per heavy atom. The van der Waals surface area contributed by atoms with Crippen LogP contribution < -0.4 is 0 Å². The number of carbonyl (C=O) groups excluding carboxylic acids is 1. The predicted octanol–water partition coefficient (Wildman–Crippen LogP) is 4.61. The second kappa shape index (κ2) is 11.2. The highest BCUT2D eigenvalue weighted by atomic mass is 19.1. The van der Waals surface area contributed by atoms with E-state index >= 15 is 4.39 Å². The van der Waals surface area contributed by atoms with Crippen molar-refractivity contribution in [2.75, 3.05) is 33.3 Å². The number of nitrogens with zero attached hydrogens (tertiary/aromatic N) is 4. The molecule has 1 saturated heterocycles. The van der Waals surface area contributed by atoms with Crippen LogP contribution in [0.1, 0.15) is 23.1 Å². The summed E-state index contributed by atoms with van der Waals surface area (Å²) in [5.41, 5.74) is 0.722. The fourth-order valence-corrected chi connectivity index (χ4v) is 5.67. The molecule has 0 radical (unpaired) electrons. The highest BCUT2D eigenvalue weighted by Gasteiger charge is 2.47. The molecule has 3 heterocycles. The van der Waals surface area contributed by atoms with Gasteiger partial charge in [-0.2, -0.15) is 0 Å². The Morgan fingerprint density at radius 2 is 1.87 bits per heavy atom. The van der Waals surface area contributed by atoms with Crippen molar-refractivity contribution in [1.29, 1.82) is 0 Å². The van der Waals surface area contributed by atoms with Crippen LogP contribution in [0, 0.1) is 11.6 Å². The van der Waals surface area contributed by atoms with Crippen molar-refractivity contribution in [3.8, 4) is 0 Å². The molecule has 1 fully saturated rings. The molecule has 1 N–H and O–H groups in total. The third-order valence-corrected chi connectivity index (χ3v) is 7.79. The molecule has 204 valence electrons. The number of pyridine rings is 1. The van der Waals surface area contributed by atoms with Crippen molar-refractivity contribution in [1.82, 2.24) is 19.7 Å². The van der Waals surface area contributed by atoms with Crippen LogP contribution in [0.4, 0.5) is 18.0 Å². The molecule has 9 heteroatoms. The fraction of sp³-hybridized carbons (Fsp3) is 0.333. The number of piperidine rings is 1. The zero-order chi connectivity index (χ0) is 27.6. The monoisotopic (exact) mass is 536 g/mol. The fourth-order valence-electron chi connectivity index (χ4n) is 5.67. The number of likely N-dealkylation sites (tertiary alicyclic amines) is 1. The second-order valence-electron chi connectivity index (χ2n) is 10.2. The van der Waals surface area contributed by atoms with E-state index in [0.29, 0.717) is 30.6 Å². The van der Waals surface area contributed by atoms with Crippen LogP contribution in [-0.4, -0.2) is 76.3 Å². The van der Waals surface area contributed by atoms with Crippen molar-refractivity contribution >= 4 is 11.6 Å². The van der Waals surface area contributed by atoms with Gasteiger partial charge < -0.3 is 14.9 Å². The highest BCUT2D eigenvalue weighted by molar-refractivity contribution is 5.83. The Labute approximate surface area is 226 Å². The van der Waals surface area contributed by atoms with Gasteiger partial charge >= 0.3 is 6.03 Å². The molecule has 2 amide bonds. The SMILES string of the molecule is CN(C(=O)N1CC(c2cc(F)ccc2F)=C[C@@]1(CO)c1ccccc1)C1CCN(Cc2ccncc2)CC1F. The van der Waals surface area contributed by atoms with Gasteiger partial charge in [-0.05, 0) is 59.5 Å². The number of alkyl halides is 1. The molecule has 39 heavy (non-hydrogen) atoms. The van der Waals surface area contributed by atoms with Gasteiger partial charge in [0.1, 0.15) is 23.3 Å². The lowest BCUT2D eigenvalue weighted by Gasteiger charge is -2.44. The predicted molar refractivity (Wildman–Crippen MR) is 142 cm³/mol. The second-order valence-corrected chi connectivity index (χ2v) is 10.2. The van der Waals surface area contributed by atoms with Crippen LogP contribution in [0.2, 0.25) is 0 Å². The minimum Gasteiger partial charge on any atom is -0.393 e. The van der Waals surface area contributed by atoms with Crippen LogP contribution in [-0.2, 0) is 12.1 Å². The largest absolute Gasteiger partial charge is 0.393 e. The molecular weight excluding hydrogens is 505 g/mol.